The minimum Gasteiger partial charge on any atom is -0.325 e. The summed E-state index contributed by atoms with van der Waals surface area (Å²) in [5.41, 5.74) is 4.46. The fourth-order valence-electron chi connectivity index (χ4n) is 3.09. The highest BCUT2D eigenvalue weighted by molar-refractivity contribution is 7.99. The van der Waals surface area contributed by atoms with E-state index in [1.165, 1.54) is 27.8 Å². The van der Waals surface area contributed by atoms with E-state index in [9.17, 15) is 4.79 Å². The summed E-state index contributed by atoms with van der Waals surface area (Å²) in [4.78, 5) is 13.7. The maximum Gasteiger partial charge on any atom is 0.234 e. The number of rotatable bonds is 7. The minimum absolute atomic E-state index is 0.0469. The van der Waals surface area contributed by atoms with Gasteiger partial charge in [0, 0.05) is 27.5 Å². The predicted octanol–water partition coefficient (Wildman–Crippen LogP) is 5.50. The molecule has 1 N–H and O–H groups in total. The van der Waals surface area contributed by atoms with E-state index in [0.29, 0.717) is 5.75 Å². The lowest BCUT2D eigenvalue weighted by molar-refractivity contribution is -0.113. The zero-order valence-corrected chi connectivity index (χ0v) is 18.6. The number of carbonyl (C=O) groups excluding carboxylic acids is 1. The Kier molecular flexibility index (Phi) is 6.57. The molecule has 5 nitrogen and oxygen atoms in total. The van der Waals surface area contributed by atoms with Crippen LogP contribution in [-0.4, -0.2) is 26.4 Å². The van der Waals surface area contributed by atoms with E-state index in [1.54, 1.807) is 11.3 Å². The van der Waals surface area contributed by atoms with Gasteiger partial charge >= 0.3 is 0 Å². The van der Waals surface area contributed by atoms with Crippen molar-refractivity contribution in [1.29, 1.82) is 0 Å². The SMILES string of the molecule is CCc1c(-c2nnc(SCC(=O)Nc3ccc(C)cc3)n2C(C)C)csc1C. The predicted molar refractivity (Wildman–Crippen MR) is 118 cm³/mol. The first-order valence-electron chi connectivity index (χ1n) is 9.42. The van der Waals surface area contributed by atoms with Crippen LogP contribution in [-0.2, 0) is 11.2 Å². The highest BCUT2D eigenvalue weighted by Crippen LogP contribution is 2.34. The molecule has 7 heteroatoms. The summed E-state index contributed by atoms with van der Waals surface area (Å²) in [6.07, 6.45) is 0.969. The second-order valence-corrected chi connectivity index (χ2v) is 9.04. The summed E-state index contributed by atoms with van der Waals surface area (Å²) in [6.45, 7) is 10.6. The van der Waals surface area contributed by atoms with Gasteiger partial charge in [-0.2, -0.15) is 0 Å². The van der Waals surface area contributed by atoms with E-state index < -0.39 is 0 Å². The van der Waals surface area contributed by atoms with Crippen LogP contribution in [0.3, 0.4) is 0 Å². The average molecular weight is 415 g/mol. The van der Waals surface area contributed by atoms with Crippen molar-refractivity contribution >= 4 is 34.7 Å². The Morgan fingerprint density at radius 2 is 1.93 bits per heavy atom. The van der Waals surface area contributed by atoms with Crippen molar-refractivity contribution < 1.29 is 4.79 Å². The highest BCUT2D eigenvalue weighted by Gasteiger charge is 2.21. The molecule has 0 aliphatic heterocycles. The number of nitrogens with one attached hydrogen (secondary N) is 1. The molecule has 2 heterocycles. The molecular formula is C21H26N4OS2. The molecule has 0 aliphatic rings. The number of aromatic nitrogens is 3. The molecule has 0 atom stereocenters. The third-order valence-corrected chi connectivity index (χ3v) is 6.44. The zero-order chi connectivity index (χ0) is 20.3. The summed E-state index contributed by atoms with van der Waals surface area (Å²) < 4.78 is 2.13. The van der Waals surface area contributed by atoms with Gasteiger partial charge in [0.25, 0.3) is 0 Å². The lowest BCUT2D eigenvalue weighted by Crippen LogP contribution is -2.15. The van der Waals surface area contributed by atoms with E-state index in [-0.39, 0.29) is 11.9 Å². The van der Waals surface area contributed by atoms with Crippen LogP contribution in [0, 0.1) is 13.8 Å². The molecule has 0 fully saturated rings. The van der Waals surface area contributed by atoms with Crippen molar-refractivity contribution in [2.75, 3.05) is 11.1 Å². The number of amides is 1. The number of nitrogens with zero attached hydrogens (tertiary/aromatic N) is 3. The lowest BCUT2D eigenvalue weighted by Gasteiger charge is -2.14. The molecule has 1 amide bonds. The first-order chi connectivity index (χ1) is 13.4. The molecule has 0 radical (unpaired) electrons. The van der Waals surface area contributed by atoms with Crippen molar-refractivity contribution in [2.45, 2.75) is 52.2 Å². The molecule has 148 valence electrons. The smallest absolute Gasteiger partial charge is 0.234 e. The quantitative estimate of drug-likeness (QED) is 0.519. The number of thiophene rings is 1. The Hall–Kier alpha value is -2.12. The maximum absolute atomic E-state index is 12.3. The van der Waals surface area contributed by atoms with Crippen molar-refractivity contribution in [2.24, 2.45) is 0 Å². The molecule has 2 aromatic heterocycles. The Balaban J connectivity index is 1.76. The van der Waals surface area contributed by atoms with E-state index in [0.717, 1.165) is 28.7 Å². The molecule has 0 unspecified atom stereocenters. The van der Waals surface area contributed by atoms with Crippen LogP contribution < -0.4 is 5.32 Å². The molecule has 0 saturated heterocycles. The standard InChI is InChI=1S/C21H26N4OS2/c1-6-17-15(5)27-11-18(17)20-23-24-21(25(20)13(2)3)28-12-19(26)22-16-9-7-14(4)8-10-16/h7-11,13H,6,12H2,1-5H3,(H,22,26). The first kappa shape index (κ1) is 20.6. The molecular weight excluding hydrogens is 388 g/mol. The van der Waals surface area contributed by atoms with Crippen LogP contribution in [0.4, 0.5) is 5.69 Å². The van der Waals surface area contributed by atoms with Crippen LogP contribution in [0.2, 0.25) is 0 Å². The van der Waals surface area contributed by atoms with Gasteiger partial charge < -0.3 is 5.32 Å². The largest absolute Gasteiger partial charge is 0.325 e. The number of carbonyl (C=O) groups is 1. The van der Waals surface area contributed by atoms with Gasteiger partial charge in [0.05, 0.1) is 5.75 Å². The second-order valence-electron chi connectivity index (χ2n) is 7.01. The number of hydrogen-bond acceptors (Lipinski definition) is 5. The average Bonchev–Trinajstić information content (AvgIpc) is 3.24. The molecule has 0 bridgehead atoms. The molecule has 0 saturated carbocycles. The first-order valence-corrected chi connectivity index (χ1v) is 11.3. The van der Waals surface area contributed by atoms with E-state index >= 15 is 0 Å². The Labute approximate surface area is 174 Å². The van der Waals surface area contributed by atoms with Gasteiger partial charge in [0.2, 0.25) is 5.91 Å². The topological polar surface area (TPSA) is 59.8 Å². The summed E-state index contributed by atoms with van der Waals surface area (Å²) in [5, 5.41) is 14.7. The van der Waals surface area contributed by atoms with E-state index in [4.69, 9.17) is 0 Å². The fourth-order valence-corrected chi connectivity index (χ4v) is 4.90. The number of benzene rings is 1. The zero-order valence-electron chi connectivity index (χ0n) is 16.9. The van der Waals surface area contributed by atoms with Gasteiger partial charge in [-0.25, -0.2) is 0 Å². The normalized spacial score (nSPS) is 11.2. The van der Waals surface area contributed by atoms with Crippen LogP contribution in [0.15, 0.2) is 34.8 Å². The van der Waals surface area contributed by atoms with E-state index in [2.05, 4.69) is 53.2 Å². The Morgan fingerprint density at radius 1 is 1.21 bits per heavy atom. The van der Waals surface area contributed by atoms with Crippen LogP contribution in [0.5, 0.6) is 0 Å². The monoisotopic (exact) mass is 414 g/mol. The minimum atomic E-state index is -0.0469. The van der Waals surface area contributed by atoms with Gasteiger partial charge in [0.15, 0.2) is 11.0 Å². The molecule has 3 aromatic rings. The molecule has 1 aromatic carbocycles. The van der Waals surface area contributed by atoms with Crippen molar-refractivity contribution in [3.8, 4) is 11.4 Å². The van der Waals surface area contributed by atoms with Crippen LogP contribution in [0.25, 0.3) is 11.4 Å². The van der Waals surface area contributed by atoms with Gasteiger partial charge in [-0.1, -0.05) is 36.4 Å². The number of aryl methyl sites for hydroxylation is 2. The third-order valence-electron chi connectivity index (χ3n) is 4.55. The number of anilines is 1. The van der Waals surface area contributed by atoms with Crippen molar-refractivity contribution in [3.63, 3.8) is 0 Å². The van der Waals surface area contributed by atoms with Crippen molar-refractivity contribution in [3.05, 3.63) is 45.6 Å². The summed E-state index contributed by atoms with van der Waals surface area (Å²) in [5.74, 6) is 1.13. The molecule has 3 rings (SSSR count). The van der Waals surface area contributed by atoms with Crippen LogP contribution in [0.1, 0.15) is 42.8 Å². The number of thioether (sulfide) groups is 1. The second kappa shape index (κ2) is 8.92. The van der Waals surface area contributed by atoms with Gasteiger partial charge in [-0.3, -0.25) is 9.36 Å². The van der Waals surface area contributed by atoms with Crippen LogP contribution >= 0.6 is 23.1 Å². The molecule has 28 heavy (non-hydrogen) atoms. The van der Waals surface area contributed by atoms with Gasteiger partial charge in [-0.15, -0.1) is 21.5 Å². The Bertz CT molecular complexity index is 957. The van der Waals surface area contributed by atoms with Gasteiger partial charge in [0.1, 0.15) is 0 Å². The van der Waals surface area contributed by atoms with E-state index in [1.807, 2.05) is 31.2 Å². The molecule has 0 spiro atoms. The van der Waals surface area contributed by atoms with Gasteiger partial charge in [-0.05, 0) is 51.8 Å². The summed E-state index contributed by atoms with van der Waals surface area (Å²) >= 11 is 3.17. The summed E-state index contributed by atoms with van der Waals surface area (Å²) in [7, 11) is 0. The fraction of sp³-hybridized carbons (Fsp3) is 0.381. The Morgan fingerprint density at radius 3 is 2.57 bits per heavy atom. The summed E-state index contributed by atoms with van der Waals surface area (Å²) in [6, 6.07) is 8.00. The third kappa shape index (κ3) is 4.47. The number of hydrogen-bond donors (Lipinski definition) is 1. The lowest BCUT2D eigenvalue weighted by atomic mass is 10.1. The maximum atomic E-state index is 12.3. The molecule has 0 aliphatic carbocycles. The highest BCUT2D eigenvalue weighted by atomic mass is 32.2. The van der Waals surface area contributed by atoms with Crippen molar-refractivity contribution in [1.82, 2.24) is 14.8 Å².